The van der Waals surface area contributed by atoms with Crippen LogP contribution in [-0.2, 0) is 4.79 Å². The Morgan fingerprint density at radius 3 is 2.76 bits per heavy atom. The van der Waals surface area contributed by atoms with Gasteiger partial charge in [-0.25, -0.2) is 0 Å². The molecule has 1 aliphatic heterocycles. The number of allylic oxidation sites excluding steroid dienone is 1. The van der Waals surface area contributed by atoms with Gasteiger partial charge in [0, 0.05) is 31.1 Å². The highest BCUT2D eigenvalue weighted by atomic mass is 35.5. The van der Waals surface area contributed by atoms with Crippen molar-refractivity contribution in [2.75, 3.05) is 13.7 Å². The Balaban J connectivity index is 2.40. The number of phenolic OH excluding ortho intramolecular Hbond substituents is 1. The van der Waals surface area contributed by atoms with Crippen molar-refractivity contribution in [2.45, 2.75) is 32.7 Å². The highest BCUT2D eigenvalue weighted by Gasteiger charge is 2.22. The van der Waals surface area contributed by atoms with Gasteiger partial charge < -0.3 is 14.7 Å². The number of hydrogen-bond acceptors (Lipinski definition) is 4. The Hall–Kier alpha value is -1.68. The molecule has 21 heavy (non-hydrogen) atoms. The summed E-state index contributed by atoms with van der Waals surface area (Å²) >= 11 is 6.00. The summed E-state index contributed by atoms with van der Waals surface area (Å²) < 4.78 is 5.11. The molecule has 4 nitrogen and oxygen atoms in total. The van der Waals surface area contributed by atoms with Crippen LogP contribution in [0.1, 0.15) is 32.3 Å². The molecule has 0 atom stereocenters. The summed E-state index contributed by atoms with van der Waals surface area (Å²) in [7, 11) is 1.48. The molecular formula is C16H20ClNO3. The van der Waals surface area contributed by atoms with Crippen LogP contribution in [-0.4, -0.2) is 35.5 Å². The summed E-state index contributed by atoms with van der Waals surface area (Å²) in [5, 5.41) is 10.0. The molecule has 0 aliphatic carbocycles. The monoisotopic (exact) mass is 309 g/mol. The summed E-state index contributed by atoms with van der Waals surface area (Å²) in [5.74, 6) is 0.504. The van der Waals surface area contributed by atoms with Crippen molar-refractivity contribution in [1.82, 2.24) is 4.90 Å². The molecule has 1 heterocycles. The predicted octanol–water partition coefficient (Wildman–Crippen LogP) is 3.47. The molecule has 0 saturated carbocycles. The van der Waals surface area contributed by atoms with Crippen LogP contribution in [0, 0.1) is 0 Å². The lowest BCUT2D eigenvalue weighted by Gasteiger charge is -2.34. The number of ether oxygens (including phenoxy) is 1. The summed E-state index contributed by atoms with van der Waals surface area (Å²) in [5.41, 5.74) is 1.79. The Morgan fingerprint density at radius 2 is 2.14 bits per heavy atom. The molecule has 1 aromatic carbocycles. The Morgan fingerprint density at radius 1 is 1.43 bits per heavy atom. The van der Waals surface area contributed by atoms with Gasteiger partial charge in [0.15, 0.2) is 11.5 Å². The SMILES string of the molecule is COc1cc(/C=C2\CC(=O)CCN2C(C)C)cc(Cl)c1O. The van der Waals surface area contributed by atoms with E-state index in [1.54, 1.807) is 12.1 Å². The van der Waals surface area contributed by atoms with Gasteiger partial charge in [-0.05, 0) is 37.6 Å². The molecule has 0 radical (unpaired) electrons. The number of phenols is 1. The van der Waals surface area contributed by atoms with Gasteiger partial charge in [0.05, 0.1) is 12.1 Å². The summed E-state index contributed by atoms with van der Waals surface area (Å²) in [6.07, 6.45) is 2.96. The number of ketones is 1. The predicted molar refractivity (Wildman–Crippen MR) is 83.7 cm³/mol. The van der Waals surface area contributed by atoms with Crippen LogP contribution < -0.4 is 4.74 Å². The molecular weight excluding hydrogens is 290 g/mol. The van der Waals surface area contributed by atoms with E-state index in [0.29, 0.717) is 24.6 Å². The largest absolute Gasteiger partial charge is 0.503 e. The minimum absolute atomic E-state index is 0.0678. The van der Waals surface area contributed by atoms with Gasteiger partial charge in [-0.15, -0.1) is 0 Å². The third kappa shape index (κ3) is 3.50. The van der Waals surface area contributed by atoms with E-state index in [2.05, 4.69) is 18.7 Å². The van der Waals surface area contributed by atoms with Gasteiger partial charge in [-0.2, -0.15) is 0 Å². The molecule has 1 aliphatic rings. The highest BCUT2D eigenvalue weighted by molar-refractivity contribution is 6.32. The van der Waals surface area contributed by atoms with Crippen LogP contribution in [0.2, 0.25) is 5.02 Å². The maximum absolute atomic E-state index is 11.7. The first kappa shape index (κ1) is 15.7. The lowest BCUT2D eigenvalue weighted by Crippen LogP contribution is -2.36. The van der Waals surface area contributed by atoms with Gasteiger partial charge in [-0.1, -0.05) is 11.6 Å². The third-order valence-corrected chi connectivity index (χ3v) is 3.89. The number of piperidine rings is 1. The van der Waals surface area contributed by atoms with Crippen molar-refractivity contribution < 1.29 is 14.6 Å². The fraction of sp³-hybridized carbons (Fsp3) is 0.438. The van der Waals surface area contributed by atoms with E-state index in [9.17, 15) is 9.90 Å². The number of nitrogens with zero attached hydrogens (tertiary/aromatic N) is 1. The van der Waals surface area contributed by atoms with Crippen LogP contribution in [0.3, 0.4) is 0 Å². The minimum Gasteiger partial charge on any atom is -0.503 e. The van der Waals surface area contributed by atoms with E-state index in [0.717, 1.165) is 17.8 Å². The normalized spacial score (nSPS) is 17.7. The van der Waals surface area contributed by atoms with Crippen molar-refractivity contribution in [3.63, 3.8) is 0 Å². The van der Waals surface area contributed by atoms with Crippen LogP contribution in [0.15, 0.2) is 17.8 Å². The quantitative estimate of drug-likeness (QED) is 0.929. The number of aromatic hydroxyl groups is 1. The van der Waals surface area contributed by atoms with Crippen molar-refractivity contribution in [3.8, 4) is 11.5 Å². The summed E-state index contributed by atoms with van der Waals surface area (Å²) in [6.45, 7) is 4.95. The van der Waals surface area contributed by atoms with E-state index < -0.39 is 0 Å². The molecule has 0 bridgehead atoms. The van der Waals surface area contributed by atoms with E-state index in [1.807, 2.05) is 6.08 Å². The number of likely N-dealkylation sites (tertiary alicyclic amines) is 1. The lowest BCUT2D eigenvalue weighted by molar-refractivity contribution is -0.120. The Kier molecular flexibility index (Phi) is 4.78. The highest BCUT2D eigenvalue weighted by Crippen LogP contribution is 2.36. The summed E-state index contributed by atoms with van der Waals surface area (Å²) in [6, 6.07) is 3.72. The van der Waals surface area contributed by atoms with Crippen LogP contribution >= 0.6 is 11.6 Å². The van der Waals surface area contributed by atoms with Gasteiger partial charge >= 0.3 is 0 Å². The average molecular weight is 310 g/mol. The number of methoxy groups -OCH3 is 1. The van der Waals surface area contributed by atoms with E-state index in [-0.39, 0.29) is 16.6 Å². The molecule has 2 rings (SSSR count). The Bertz CT molecular complexity index is 581. The van der Waals surface area contributed by atoms with Gasteiger partial charge in [0.25, 0.3) is 0 Å². The van der Waals surface area contributed by atoms with Crippen molar-refractivity contribution >= 4 is 23.5 Å². The second-order valence-electron chi connectivity index (χ2n) is 5.44. The number of carbonyl (C=O) groups is 1. The van der Waals surface area contributed by atoms with Crippen LogP contribution in [0.5, 0.6) is 11.5 Å². The van der Waals surface area contributed by atoms with E-state index in [1.165, 1.54) is 7.11 Å². The molecule has 1 aromatic rings. The van der Waals surface area contributed by atoms with E-state index >= 15 is 0 Å². The zero-order valence-corrected chi connectivity index (χ0v) is 13.3. The van der Waals surface area contributed by atoms with Crippen molar-refractivity contribution in [2.24, 2.45) is 0 Å². The number of hydrogen-bond donors (Lipinski definition) is 1. The maximum atomic E-state index is 11.7. The second-order valence-corrected chi connectivity index (χ2v) is 5.85. The first-order chi connectivity index (χ1) is 9.92. The molecule has 0 unspecified atom stereocenters. The molecule has 1 saturated heterocycles. The van der Waals surface area contributed by atoms with Crippen LogP contribution in [0.25, 0.3) is 6.08 Å². The second kappa shape index (κ2) is 6.39. The summed E-state index contributed by atoms with van der Waals surface area (Å²) in [4.78, 5) is 13.9. The fourth-order valence-corrected chi connectivity index (χ4v) is 2.75. The number of carbonyl (C=O) groups excluding carboxylic acids is 1. The Labute approximate surface area is 130 Å². The van der Waals surface area contributed by atoms with Crippen molar-refractivity contribution in [1.29, 1.82) is 0 Å². The van der Waals surface area contributed by atoms with Gasteiger partial charge in [-0.3, -0.25) is 4.79 Å². The topological polar surface area (TPSA) is 49.8 Å². The standard InChI is InChI=1S/C16H20ClNO3/c1-10(2)18-5-4-13(19)9-12(18)6-11-7-14(17)16(20)15(8-11)21-3/h6-8,10,20H,4-5,9H2,1-3H3/b12-6+. The smallest absolute Gasteiger partial charge is 0.176 e. The van der Waals surface area contributed by atoms with E-state index in [4.69, 9.17) is 16.3 Å². The third-order valence-electron chi connectivity index (χ3n) is 3.61. The molecule has 1 N–H and O–H groups in total. The first-order valence-electron chi connectivity index (χ1n) is 6.97. The average Bonchev–Trinajstić information content (AvgIpc) is 2.42. The van der Waals surface area contributed by atoms with Gasteiger partial charge in [0.2, 0.25) is 0 Å². The molecule has 5 heteroatoms. The molecule has 114 valence electrons. The molecule has 1 fully saturated rings. The van der Waals surface area contributed by atoms with Crippen LogP contribution in [0.4, 0.5) is 0 Å². The number of Topliss-reactive ketones (excluding diaryl/α,β-unsaturated/α-hetero) is 1. The number of halogens is 1. The molecule has 0 amide bonds. The number of benzene rings is 1. The minimum atomic E-state index is -0.0678. The fourth-order valence-electron chi connectivity index (χ4n) is 2.53. The maximum Gasteiger partial charge on any atom is 0.176 e. The molecule has 0 aromatic heterocycles. The first-order valence-corrected chi connectivity index (χ1v) is 7.35. The van der Waals surface area contributed by atoms with Gasteiger partial charge in [0.1, 0.15) is 5.78 Å². The molecule has 0 spiro atoms. The zero-order valence-electron chi connectivity index (χ0n) is 12.5. The lowest BCUT2D eigenvalue weighted by atomic mass is 10.0. The number of rotatable bonds is 3. The van der Waals surface area contributed by atoms with Crippen molar-refractivity contribution in [3.05, 3.63) is 28.4 Å². The zero-order chi connectivity index (χ0) is 15.6.